The molecule has 0 atom stereocenters. The van der Waals surface area contributed by atoms with Gasteiger partial charge in [0.2, 0.25) is 11.8 Å². The summed E-state index contributed by atoms with van der Waals surface area (Å²) < 4.78 is 18.3. The monoisotopic (exact) mass is 584 g/mol. The van der Waals surface area contributed by atoms with Gasteiger partial charge in [-0.05, 0) is 67.7 Å². The fraction of sp³-hybridized carbons (Fsp3) is 0.471. The molecule has 4 aliphatic rings. The van der Waals surface area contributed by atoms with E-state index in [2.05, 4.69) is 15.2 Å². The van der Waals surface area contributed by atoms with Crippen molar-refractivity contribution in [1.82, 2.24) is 10.3 Å². The number of benzene rings is 2. The van der Waals surface area contributed by atoms with Gasteiger partial charge in [0.15, 0.2) is 0 Å². The first kappa shape index (κ1) is 28.0. The molecule has 226 valence electrons. The van der Waals surface area contributed by atoms with E-state index in [1.54, 1.807) is 24.1 Å². The van der Waals surface area contributed by atoms with Crippen molar-refractivity contribution in [2.45, 2.75) is 63.9 Å². The lowest BCUT2D eigenvalue weighted by Crippen LogP contribution is -2.55. The van der Waals surface area contributed by atoms with E-state index in [1.165, 1.54) is 38.8 Å². The maximum atomic E-state index is 13.5. The molecule has 0 radical (unpaired) electrons. The highest BCUT2D eigenvalue weighted by atomic mass is 16.5. The van der Waals surface area contributed by atoms with Gasteiger partial charge in [-0.1, -0.05) is 30.3 Å². The summed E-state index contributed by atoms with van der Waals surface area (Å²) in [4.78, 5) is 21.6. The Balaban J connectivity index is 0.993. The van der Waals surface area contributed by atoms with Crippen molar-refractivity contribution in [1.29, 1.82) is 0 Å². The molecule has 1 aromatic heterocycles. The number of nitrogens with zero attached hydrogens (tertiary/aromatic N) is 3. The molecule has 1 spiro atoms. The van der Waals surface area contributed by atoms with Crippen LogP contribution in [0, 0.1) is 5.41 Å². The molecular formula is C34H40N4O5. The standard InChI is InChI=1S/C34H40N4O5/c1-41-31-27-19-38(29-9-10-30(36-32(29)39)42-20-23-5-3-2-4-6-23)33(40)26(27)7-8-28(31)37-17-13-25(14-18-37)43-24-11-15-34(16-12-24)21-35-22-34/h2-10,24-25,35H,11-22H2,1H3,(H,36,39). The molecule has 9 nitrogen and oxygen atoms in total. The van der Waals surface area contributed by atoms with E-state index in [0.717, 1.165) is 48.5 Å². The number of ether oxygens (including phenoxy) is 3. The van der Waals surface area contributed by atoms with Gasteiger partial charge in [-0.25, -0.2) is 0 Å². The maximum absolute atomic E-state index is 13.5. The summed E-state index contributed by atoms with van der Waals surface area (Å²) in [6.07, 6.45) is 7.57. The van der Waals surface area contributed by atoms with Crippen LogP contribution in [-0.2, 0) is 17.9 Å². The van der Waals surface area contributed by atoms with Gasteiger partial charge in [-0.2, -0.15) is 4.98 Å². The van der Waals surface area contributed by atoms with E-state index in [0.29, 0.717) is 47.9 Å². The quantitative estimate of drug-likeness (QED) is 0.380. The molecule has 0 bridgehead atoms. The predicted octanol–water partition coefficient (Wildman–Crippen LogP) is 5.05. The van der Waals surface area contributed by atoms with Gasteiger partial charge in [0.05, 0.1) is 31.5 Å². The number of piperidine rings is 1. The average molecular weight is 585 g/mol. The second-order valence-corrected chi connectivity index (χ2v) is 12.4. The van der Waals surface area contributed by atoms with E-state index in [1.807, 2.05) is 42.5 Å². The minimum absolute atomic E-state index is 0.186. The van der Waals surface area contributed by atoms with Gasteiger partial charge in [-0.15, -0.1) is 0 Å². The smallest absolute Gasteiger partial charge is 0.259 e. The number of anilines is 2. The molecule has 7 rings (SSSR count). The molecular weight excluding hydrogens is 544 g/mol. The van der Waals surface area contributed by atoms with Crippen LogP contribution in [0.25, 0.3) is 0 Å². The highest BCUT2D eigenvalue weighted by molar-refractivity contribution is 6.11. The molecule has 3 aromatic rings. The van der Waals surface area contributed by atoms with Crippen LogP contribution >= 0.6 is 0 Å². The Labute approximate surface area is 252 Å². The Bertz CT molecular complexity index is 1460. The highest BCUT2D eigenvalue weighted by Gasteiger charge is 2.41. The van der Waals surface area contributed by atoms with Gasteiger partial charge < -0.3 is 29.5 Å². The zero-order chi connectivity index (χ0) is 29.4. The van der Waals surface area contributed by atoms with Crippen LogP contribution in [0.3, 0.4) is 0 Å². The SMILES string of the molecule is COc1c(N2CCC(OC3CCC4(CC3)CNC4)CC2)ccc2c1CN(c1ccc(OCc3ccccc3)nc1O)C2=O. The van der Waals surface area contributed by atoms with Gasteiger partial charge in [0.1, 0.15) is 18.0 Å². The fourth-order valence-corrected chi connectivity index (χ4v) is 7.14. The summed E-state index contributed by atoms with van der Waals surface area (Å²) in [6.45, 7) is 4.75. The van der Waals surface area contributed by atoms with E-state index < -0.39 is 0 Å². The Kier molecular flexibility index (Phi) is 7.61. The normalized spacial score (nSPS) is 20.3. The van der Waals surface area contributed by atoms with Crippen molar-refractivity contribution in [3.8, 4) is 17.5 Å². The first-order chi connectivity index (χ1) is 21.0. The molecule has 0 unspecified atom stereocenters. The number of pyridine rings is 1. The lowest BCUT2D eigenvalue weighted by Gasteiger charge is -2.48. The van der Waals surface area contributed by atoms with Crippen LogP contribution in [-0.4, -0.2) is 61.5 Å². The van der Waals surface area contributed by atoms with Crippen molar-refractivity contribution in [3.05, 3.63) is 71.3 Å². The lowest BCUT2D eigenvalue weighted by atomic mass is 9.69. The first-order valence-electron chi connectivity index (χ1n) is 15.5. The second kappa shape index (κ2) is 11.7. The van der Waals surface area contributed by atoms with Crippen LogP contribution < -0.4 is 24.6 Å². The molecule has 4 heterocycles. The number of nitrogens with one attached hydrogen (secondary N) is 1. The molecule has 2 saturated heterocycles. The van der Waals surface area contributed by atoms with Gasteiger partial charge in [-0.3, -0.25) is 9.69 Å². The summed E-state index contributed by atoms with van der Waals surface area (Å²) in [7, 11) is 1.66. The second-order valence-electron chi connectivity index (χ2n) is 12.4. The molecule has 1 aliphatic carbocycles. The molecule has 2 N–H and O–H groups in total. The van der Waals surface area contributed by atoms with Crippen molar-refractivity contribution < 1.29 is 24.1 Å². The van der Waals surface area contributed by atoms with Gasteiger partial charge in [0.25, 0.3) is 5.91 Å². The predicted molar refractivity (Wildman–Crippen MR) is 164 cm³/mol. The average Bonchev–Trinajstić information content (AvgIpc) is 3.36. The Morgan fingerprint density at radius 1 is 0.953 bits per heavy atom. The van der Waals surface area contributed by atoms with Crippen molar-refractivity contribution in [3.63, 3.8) is 0 Å². The molecule has 2 aromatic carbocycles. The van der Waals surface area contributed by atoms with Crippen molar-refractivity contribution in [2.75, 3.05) is 43.1 Å². The molecule has 3 aliphatic heterocycles. The topological polar surface area (TPSA) is 96.4 Å². The minimum atomic E-state index is -0.245. The van der Waals surface area contributed by atoms with Crippen molar-refractivity contribution >= 4 is 17.3 Å². The highest BCUT2D eigenvalue weighted by Crippen LogP contribution is 2.44. The first-order valence-corrected chi connectivity index (χ1v) is 15.5. The van der Waals surface area contributed by atoms with E-state index in [-0.39, 0.29) is 11.8 Å². The molecule has 1 saturated carbocycles. The van der Waals surface area contributed by atoms with E-state index in [9.17, 15) is 9.90 Å². The Hall–Kier alpha value is -3.82. The van der Waals surface area contributed by atoms with Crippen LogP contribution in [0.2, 0.25) is 0 Å². The molecule has 43 heavy (non-hydrogen) atoms. The number of amides is 1. The third kappa shape index (κ3) is 5.52. The number of fused-ring (bicyclic) bond motifs is 1. The number of hydrogen-bond acceptors (Lipinski definition) is 8. The molecule has 3 fully saturated rings. The summed E-state index contributed by atoms with van der Waals surface area (Å²) in [6, 6.07) is 17.0. The summed E-state index contributed by atoms with van der Waals surface area (Å²) in [5, 5.41) is 14.2. The maximum Gasteiger partial charge on any atom is 0.259 e. The largest absolute Gasteiger partial charge is 0.494 e. The van der Waals surface area contributed by atoms with E-state index >= 15 is 0 Å². The number of carbonyl (C=O) groups is 1. The van der Waals surface area contributed by atoms with Crippen LogP contribution in [0.5, 0.6) is 17.5 Å². The third-order valence-electron chi connectivity index (χ3n) is 9.75. The fourth-order valence-electron chi connectivity index (χ4n) is 7.14. The van der Waals surface area contributed by atoms with Gasteiger partial charge in [0, 0.05) is 43.4 Å². The van der Waals surface area contributed by atoms with E-state index in [4.69, 9.17) is 14.2 Å². The summed E-state index contributed by atoms with van der Waals surface area (Å²) in [5.41, 5.74) is 4.31. The number of aromatic nitrogens is 1. The lowest BCUT2D eigenvalue weighted by molar-refractivity contribution is -0.0655. The Morgan fingerprint density at radius 3 is 2.35 bits per heavy atom. The zero-order valence-corrected chi connectivity index (χ0v) is 24.8. The minimum Gasteiger partial charge on any atom is -0.494 e. The number of carbonyl (C=O) groups excluding carboxylic acids is 1. The summed E-state index contributed by atoms with van der Waals surface area (Å²) >= 11 is 0. The van der Waals surface area contributed by atoms with Crippen LogP contribution in [0.1, 0.15) is 60.0 Å². The van der Waals surface area contributed by atoms with Crippen molar-refractivity contribution in [2.24, 2.45) is 5.41 Å². The molecule has 9 heteroatoms. The number of aromatic hydroxyl groups is 1. The molecule has 1 amide bonds. The van der Waals surface area contributed by atoms with Gasteiger partial charge >= 0.3 is 0 Å². The zero-order valence-electron chi connectivity index (χ0n) is 24.8. The summed E-state index contributed by atoms with van der Waals surface area (Å²) in [5.74, 6) is 0.582. The van der Waals surface area contributed by atoms with Crippen LogP contribution in [0.4, 0.5) is 11.4 Å². The van der Waals surface area contributed by atoms with Crippen LogP contribution in [0.15, 0.2) is 54.6 Å². The number of methoxy groups -OCH3 is 1. The number of hydrogen-bond donors (Lipinski definition) is 2. The Morgan fingerprint density at radius 2 is 1.67 bits per heavy atom. The number of rotatable bonds is 8. The third-order valence-corrected chi connectivity index (χ3v) is 9.75.